The monoisotopic (exact) mass is 318 g/mol. The van der Waals surface area contributed by atoms with Crippen molar-refractivity contribution in [3.8, 4) is 0 Å². The average molecular weight is 318 g/mol. The first-order valence-corrected chi connectivity index (χ1v) is 7.81. The Labute approximate surface area is 135 Å². The van der Waals surface area contributed by atoms with Crippen molar-refractivity contribution in [2.45, 2.75) is 39.2 Å². The van der Waals surface area contributed by atoms with E-state index in [1.807, 2.05) is 13.8 Å². The molecule has 0 aliphatic heterocycles. The number of carbonyl (C=O) groups excluding carboxylic acids is 2. The average Bonchev–Trinajstić information content (AvgIpc) is 3.31. The molecule has 1 atom stereocenters. The molecule has 6 heteroatoms. The largest absolute Gasteiger partial charge is 0.480 e. The van der Waals surface area contributed by atoms with E-state index in [2.05, 4.69) is 10.6 Å². The van der Waals surface area contributed by atoms with Crippen LogP contribution in [-0.2, 0) is 9.59 Å². The van der Waals surface area contributed by atoms with Crippen molar-refractivity contribution in [1.82, 2.24) is 5.32 Å². The number of nitrogens with one attached hydrogen (secondary N) is 2. The first-order chi connectivity index (χ1) is 10.9. The van der Waals surface area contributed by atoms with E-state index in [1.54, 1.807) is 24.3 Å². The topological polar surface area (TPSA) is 95.5 Å². The number of amides is 2. The minimum atomic E-state index is -1.04. The van der Waals surface area contributed by atoms with Crippen LogP contribution in [-0.4, -0.2) is 28.9 Å². The second kappa shape index (κ2) is 7.26. The molecule has 2 amide bonds. The molecule has 1 saturated carbocycles. The SMILES string of the molecule is CC(C)CC(NC(=O)c1ccc(NC(=O)C2CC2)cc1)C(=O)O. The number of hydrogen-bond donors (Lipinski definition) is 3. The number of carboxylic acids is 1. The van der Waals surface area contributed by atoms with E-state index >= 15 is 0 Å². The maximum absolute atomic E-state index is 12.1. The fraction of sp³-hybridized carbons (Fsp3) is 0.471. The summed E-state index contributed by atoms with van der Waals surface area (Å²) in [6.45, 7) is 3.80. The molecule has 0 saturated heterocycles. The van der Waals surface area contributed by atoms with Gasteiger partial charge in [-0.25, -0.2) is 4.79 Å². The van der Waals surface area contributed by atoms with Crippen molar-refractivity contribution >= 4 is 23.5 Å². The molecule has 1 aliphatic rings. The standard InChI is InChI=1S/C17H22N2O4/c1-10(2)9-14(17(22)23)19-16(21)12-5-7-13(8-6-12)18-15(20)11-3-4-11/h5-8,10-11,14H,3-4,9H2,1-2H3,(H,18,20)(H,19,21)(H,22,23). The van der Waals surface area contributed by atoms with Gasteiger partial charge in [-0.05, 0) is 49.4 Å². The molecule has 23 heavy (non-hydrogen) atoms. The van der Waals surface area contributed by atoms with Crippen LogP contribution in [0.2, 0.25) is 0 Å². The normalized spacial score (nSPS) is 15.1. The van der Waals surface area contributed by atoms with Crippen molar-refractivity contribution in [2.24, 2.45) is 11.8 Å². The Balaban J connectivity index is 1.95. The van der Waals surface area contributed by atoms with Gasteiger partial charge in [-0.3, -0.25) is 9.59 Å². The number of hydrogen-bond acceptors (Lipinski definition) is 3. The Kier molecular flexibility index (Phi) is 5.36. The van der Waals surface area contributed by atoms with Crippen molar-refractivity contribution < 1.29 is 19.5 Å². The molecule has 124 valence electrons. The third-order valence-electron chi connectivity index (χ3n) is 3.67. The van der Waals surface area contributed by atoms with Gasteiger partial charge >= 0.3 is 5.97 Å². The van der Waals surface area contributed by atoms with Crippen LogP contribution in [0.25, 0.3) is 0 Å². The quantitative estimate of drug-likeness (QED) is 0.718. The predicted octanol–water partition coefficient (Wildman–Crippen LogP) is 2.26. The Bertz CT molecular complexity index is 591. The van der Waals surface area contributed by atoms with Gasteiger partial charge in [-0.1, -0.05) is 13.8 Å². The summed E-state index contributed by atoms with van der Waals surface area (Å²) in [7, 11) is 0. The summed E-state index contributed by atoms with van der Waals surface area (Å²) in [5.41, 5.74) is 1.000. The summed E-state index contributed by atoms with van der Waals surface area (Å²) in [5.74, 6) is -1.19. The summed E-state index contributed by atoms with van der Waals surface area (Å²) in [5, 5.41) is 14.5. The lowest BCUT2D eigenvalue weighted by molar-refractivity contribution is -0.139. The molecule has 1 aromatic rings. The van der Waals surface area contributed by atoms with E-state index in [1.165, 1.54) is 0 Å². The number of aliphatic carboxylic acids is 1. The number of rotatable bonds is 7. The summed E-state index contributed by atoms with van der Waals surface area (Å²) < 4.78 is 0. The highest BCUT2D eigenvalue weighted by Crippen LogP contribution is 2.30. The first-order valence-electron chi connectivity index (χ1n) is 7.81. The minimum absolute atomic E-state index is 0.00470. The summed E-state index contributed by atoms with van der Waals surface area (Å²) in [4.78, 5) is 35.0. The number of carbonyl (C=O) groups is 3. The Morgan fingerprint density at radius 1 is 1.17 bits per heavy atom. The maximum Gasteiger partial charge on any atom is 0.326 e. The van der Waals surface area contributed by atoms with Crippen molar-refractivity contribution in [3.63, 3.8) is 0 Å². The third-order valence-corrected chi connectivity index (χ3v) is 3.67. The fourth-order valence-electron chi connectivity index (χ4n) is 2.23. The molecule has 0 bridgehead atoms. The molecule has 1 unspecified atom stereocenters. The third kappa shape index (κ3) is 5.09. The fourth-order valence-corrected chi connectivity index (χ4v) is 2.23. The van der Waals surface area contributed by atoms with Gasteiger partial charge in [0.2, 0.25) is 5.91 Å². The van der Waals surface area contributed by atoms with Crippen molar-refractivity contribution in [3.05, 3.63) is 29.8 Å². The zero-order chi connectivity index (χ0) is 17.0. The van der Waals surface area contributed by atoms with E-state index in [-0.39, 0.29) is 17.7 Å². The van der Waals surface area contributed by atoms with E-state index in [9.17, 15) is 14.4 Å². The van der Waals surface area contributed by atoms with Crippen molar-refractivity contribution in [2.75, 3.05) is 5.32 Å². The molecule has 0 aromatic heterocycles. The summed E-state index contributed by atoms with van der Waals surface area (Å²) in [6.07, 6.45) is 2.23. The van der Waals surface area contributed by atoms with E-state index in [0.29, 0.717) is 17.7 Å². The molecule has 2 rings (SSSR count). The Morgan fingerprint density at radius 2 is 1.78 bits per heavy atom. The lowest BCUT2D eigenvalue weighted by Gasteiger charge is -2.16. The van der Waals surface area contributed by atoms with Crippen LogP contribution in [0.3, 0.4) is 0 Å². The van der Waals surface area contributed by atoms with E-state index in [4.69, 9.17) is 5.11 Å². The van der Waals surface area contributed by atoms with Crippen LogP contribution in [0.15, 0.2) is 24.3 Å². The lowest BCUT2D eigenvalue weighted by atomic mass is 10.0. The molecule has 1 fully saturated rings. The smallest absolute Gasteiger partial charge is 0.326 e. The molecule has 3 N–H and O–H groups in total. The van der Waals surface area contributed by atoms with Crippen LogP contribution in [0.1, 0.15) is 43.5 Å². The highest BCUT2D eigenvalue weighted by Gasteiger charge is 2.29. The van der Waals surface area contributed by atoms with Crippen LogP contribution < -0.4 is 10.6 Å². The molecule has 6 nitrogen and oxygen atoms in total. The Morgan fingerprint density at radius 3 is 2.26 bits per heavy atom. The minimum Gasteiger partial charge on any atom is -0.480 e. The molecular formula is C17H22N2O4. The highest BCUT2D eigenvalue weighted by molar-refractivity contribution is 5.98. The van der Waals surface area contributed by atoms with Crippen LogP contribution in [0.4, 0.5) is 5.69 Å². The number of carboxylic acid groups (broad SMARTS) is 1. The molecule has 0 spiro atoms. The molecular weight excluding hydrogens is 296 g/mol. The van der Waals surface area contributed by atoms with Crippen molar-refractivity contribution in [1.29, 1.82) is 0 Å². The van der Waals surface area contributed by atoms with E-state index < -0.39 is 17.9 Å². The molecule has 1 aromatic carbocycles. The predicted molar refractivity (Wildman–Crippen MR) is 86.1 cm³/mol. The maximum atomic E-state index is 12.1. The van der Waals surface area contributed by atoms with Crippen LogP contribution in [0, 0.1) is 11.8 Å². The first kappa shape index (κ1) is 17.0. The highest BCUT2D eigenvalue weighted by atomic mass is 16.4. The number of benzene rings is 1. The Hall–Kier alpha value is -2.37. The van der Waals surface area contributed by atoms with Gasteiger partial charge in [-0.15, -0.1) is 0 Å². The van der Waals surface area contributed by atoms with Crippen LogP contribution in [0.5, 0.6) is 0 Å². The van der Waals surface area contributed by atoms with Gasteiger partial charge in [0.05, 0.1) is 0 Å². The molecule has 1 aliphatic carbocycles. The zero-order valence-corrected chi connectivity index (χ0v) is 13.3. The summed E-state index contributed by atoms with van der Waals surface area (Å²) >= 11 is 0. The number of anilines is 1. The molecule has 0 radical (unpaired) electrons. The summed E-state index contributed by atoms with van der Waals surface area (Å²) in [6, 6.07) is 5.54. The second-order valence-corrected chi connectivity index (χ2v) is 6.33. The van der Waals surface area contributed by atoms with Gasteiger partial charge in [0.1, 0.15) is 6.04 Å². The molecule has 0 heterocycles. The van der Waals surface area contributed by atoms with Gasteiger partial charge in [-0.2, -0.15) is 0 Å². The van der Waals surface area contributed by atoms with E-state index in [0.717, 1.165) is 12.8 Å². The van der Waals surface area contributed by atoms with Gasteiger partial charge in [0.25, 0.3) is 5.91 Å². The zero-order valence-electron chi connectivity index (χ0n) is 13.3. The van der Waals surface area contributed by atoms with Gasteiger partial charge < -0.3 is 15.7 Å². The van der Waals surface area contributed by atoms with Gasteiger partial charge in [0.15, 0.2) is 0 Å². The lowest BCUT2D eigenvalue weighted by Crippen LogP contribution is -2.41. The van der Waals surface area contributed by atoms with Crippen LogP contribution >= 0.6 is 0 Å². The van der Waals surface area contributed by atoms with Gasteiger partial charge in [0, 0.05) is 17.2 Å². The second-order valence-electron chi connectivity index (χ2n) is 6.33.